The average molecular weight is 653 g/mol. The Labute approximate surface area is 267 Å². The van der Waals surface area contributed by atoms with E-state index < -0.39 is 24.6 Å². The van der Waals surface area contributed by atoms with Crippen LogP contribution in [-0.4, -0.2) is 37.8 Å². The van der Waals surface area contributed by atoms with Crippen LogP contribution < -0.4 is 14.9 Å². The van der Waals surface area contributed by atoms with Gasteiger partial charge in [-0.2, -0.15) is 4.99 Å². The summed E-state index contributed by atoms with van der Waals surface area (Å²) in [4.78, 5) is 22.0. The van der Waals surface area contributed by atoms with Gasteiger partial charge in [-0.3, -0.25) is 4.57 Å². The highest BCUT2D eigenvalue weighted by Gasteiger charge is 2.31. The SMILES string of the molecule is Cc1cccc(-n2c(C)csc2=NC(=O)NC(C)C(F)c2ccc(-c3ncn(-c4ccc(OC(F)(F)F)cc4)n3)cc2)c1C(C)C. The van der Waals surface area contributed by atoms with Gasteiger partial charge >= 0.3 is 12.4 Å². The molecule has 240 valence electrons. The van der Waals surface area contributed by atoms with E-state index in [2.05, 4.69) is 52.0 Å². The second-order valence-electron chi connectivity index (χ2n) is 11.1. The number of halogens is 4. The van der Waals surface area contributed by atoms with Gasteiger partial charge in [0.25, 0.3) is 0 Å². The minimum atomic E-state index is -4.78. The number of nitrogens with one attached hydrogen (secondary N) is 1. The second kappa shape index (κ2) is 13.3. The predicted molar refractivity (Wildman–Crippen MR) is 168 cm³/mol. The van der Waals surface area contributed by atoms with Crippen molar-refractivity contribution in [2.75, 3.05) is 0 Å². The van der Waals surface area contributed by atoms with Crippen molar-refractivity contribution < 1.29 is 27.1 Å². The third kappa shape index (κ3) is 7.36. The lowest BCUT2D eigenvalue weighted by atomic mass is 9.96. The molecule has 0 radical (unpaired) electrons. The van der Waals surface area contributed by atoms with Crippen molar-refractivity contribution in [3.05, 3.63) is 106 Å². The second-order valence-corrected chi connectivity index (χ2v) is 11.9. The minimum absolute atomic E-state index is 0.261. The number of thiazole rings is 1. The molecule has 5 aromatic rings. The van der Waals surface area contributed by atoms with E-state index in [0.717, 1.165) is 16.9 Å². The van der Waals surface area contributed by atoms with Gasteiger partial charge in [-0.25, -0.2) is 18.9 Å². The first-order chi connectivity index (χ1) is 21.8. The number of ether oxygens (including phenoxy) is 1. The van der Waals surface area contributed by atoms with Crippen molar-refractivity contribution in [2.45, 2.75) is 59.1 Å². The fourth-order valence-electron chi connectivity index (χ4n) is 5.19. The molecule has 2 amide bonds. The molecule has 5 rings (SSSR count). The van der Waals surface area contributed by atoms with Crippen LogP contribution in [0.3, 0.4) is 0 Å². The Morgan fingerprint density at radius 2 is 1.70 bits per heavy atom. The molecule has 0 bridgehead atoms. The molecule has 0 fully saturated rings. The molecule has 0 spiro atoms. The van der Waals surface area contributed by atoms with Gasteiger partial charge in [0.05, 0.1) is 17.4 Å². The van der Waals surface area contributed by atoms with Crippen LogP contribution in [0.1, 0.15) is 55.2 Å². The predicted octanol–water partition coefficient (Wildman–Crippen LogP) is 8.13. The van der Waals surface area contributed by atoms with Crippen LogP contribution in [-0.2, 0) is 0 Å². The molecule has 0 aliphatic carbocycles. The number of benzene rings is 3. The smallest absolute Gasteiger partial charge is 0.406 e. The molecular weight excluding hydrogens is 620 g/mol. The van der Waals surface area contributed by atoms with E-state index in [1.54, 1.807) is 31.2 Å². The monoisotopic (exact) mass is 652 g/mol. The highest BCUT2D eigenvalue weighted by molar-refractivity contribution is 7.07. The van der Waals surface area contributed by atoms with Gasteiger partial charge in [-0.15, -0.1) is 29.6 Å². The molecule has 2 aromatic heterocycles. The summed E-state index contributed by atoms with van der Waals surface area (Å²) in [5.41, 5.74) is 5.65. The molecule has 13 heteroatoms. The number of amides is 2. The number of urea groups is 1. The lowest BCUT2D eigenvalue weighted by Gasteiger charge is -2.18. The van der Waals surface area contributed by atoms with Crippen LogP contribution in [0.5, 0.6) is 5.75 Å². The van der Waals surface area contributed by atoms with Crippen LogP contribution in [0.25, 0.3) is 22.8 Å². The molecule has 2 heterocycles. The highest BCUT2D eigenvalue weighted by Crippen LogP contribution is 2.28. The van der Waals surface area contributed by atoms with Gasteiger partial charge in [0, 0.05) is 16.6 Å². The molecule has 3 aromatic carbocycles. The lowest BCUT2D eigenvalue weighted by molar-refractivity contribution is -0.274. The Balaban J connectivity index is 1.27. The Bertz CT molecular complexity index is 1890. The third-order valence-corrected chi connectivity index (χ3v) is 8.24. The highest BCUT2D eigenvalue weighted by atomic mass is 32.1. The van der Waals surface area contributed by atoms with E-state index >= 15 is 4.39 Å². The molecule has 8 nitrogen and oxygen atoms in total. The normalized spacial score (nSPS) is 13.6. The zero-order valence-corrected chi connectivity index (χ0v) is 26.5. The van der Waals surface area contributed by atoms with E-state index in [9.17, 15) is 18.0 Å². The van der Waals surface area contributed by atoms with E-state index in [-0.39, 0.29) is 11.7 Å². The molecule has 1 N–H and O–H groups in total. The number of carbonyl (C=O) groups excluding carboxylic acids is 1. The van der Waals surface area contributed by atoms with E-state index in [1.807, 2.05) is 29.0 Å². The van der Waals surface area contributed by atoms with Gasteiger partial charge in [0.1, 0.15) is 18.2 Å². The summed E-state index contributed by atoms with van der Waals surface area (Å²) in [7, 11) is 0. The summed E-state index contributed by atoms with van der Waals surface area (Å²) in [5.74, 6) is 0.253. The van der Waals surface area contributed by atoms with Crippen LogP contribution in [0.2, 0.25) is 0 Å². The number of aryl methyl sites for hydroxylation is 2. The summed E-state index contributed by atoms with van der Waals surface area (Å²) >= 11 is 1.34. The Morgan fingerprint density at radius 3 is 2.35 bits per heavy atom. The molecule has 0 aliphatic heterocycles. The maximum atomic E-state index is 15.5. The summed E-state index contributed by atoms with van der Waals surface area (Å²) in [5, 5.41) is 8.97. The third-order valence-electron chi connectivity index (χ3n) is 7.30. The number of hydrogen-bond acceptors (Lipinski definition) is 5. The molecule has 2 atom stereocenters. The first kappa shape index (κ1) is 32.6. The zero-order chi connectivity index (χ0) is 33.2. The first-order valence-corrected chi connectivity index (χ1v) is 15.3. The van der Waals surface area contributed by atoms with Crippen molar-refractivity contribution in [1.82, 2.24) is 24.6 Å². The fourth-order valence-corrected chi connectivity index (χ4v) is 6.05. The Hall–Kier alpha value is -4.78. The van der Waals surface area contributed by atoms with Crippen LogP contribution >= 0.6 is 11.3 Å². The van der Waals surface area contributed by atoms with Crippen molar-refractivity contribution in [3.63, 3.8) is 0 Å². The minimum Gasteiger partial charge on any atom is -0.406 e. The molecular formula is C33H32F4N6O2S. The van der Waals surface area contributed by atoms with Gasteiger partial charge in [0.15, 0.2) is 10.6 Å². The van der Waals surface area contributed by atoms with Gasteiger partial charge in [-0.1, -0.05) is 50.2 Å². The Morgan fingerprint density at radius 1 is 1.00 bits per heavy atom. The molecule has 0 saturated carbocycles. The maximum absolute atomic E-state index is 15.5. The largest absolute Gasteiger partial charge is 0.573 e. The number of hydrogen-bond donors (Lipinski definition) is 1. The van der Waals surface area contributed by atoms with Gasteiger partial charge < -0.3 is 10.1 Å². The summed E-state index contributed by atoms with van der Waals surface area (Å²) in [6.07, 6.45) is -4.88. The Kier molecular flexibility index (Phi) is 9.42. The molecule has 0 saturated heterocycles. The number of rotatable bonds is 8. The van der Waals surface area contributed by atoms with Crippen molar-refractivity contribution in [3.8, 4) is 28.5 Å². The lowest BCUT2D eigenvalue weighted by Crippen LogP contribution is -2.35. The molecule has 46 heavy (non-hydrogen) atoms. The summed E-state index contributed by atoms with van der Waals surface area (Å²) in [6, 6.07) is 16.2. The number of nitrogens with zero attached hydrogens (tertiary/aromatic N) is 5. The van der Waals surface area contributed by atoms with Crippen LogP contribution in [0.15, 0.2) is 83.4 Å². The van der Waals surface area contributed by atoms with Crippen molar-refractivity contribution in [1.29, 1.82) is 0 Å². The molecule has 2 unspecified atom stereocenters. The molecule has 0 aliphatic rings. The van der Waals surface area contributed by atoms with E-state index in [1.165, 1.54) is 52.2 Å². The number of aromatic nitrogens is 4. The van der Waals surface area contributed by atoms with E-state index in [4.69, 9.17) is 0 Å². The van der Waals surface area contributed by atoms with E-state index in [0.29, 0.717) is 27.4 Å². The van der Waals surface area contributed by atoms with Crippen LogP contribution in [0.4, 0.5) is 22.4 Å². The van der Waals surface area contributed by atoms with Crippen LogP contribution in [0, 0.1) is 13.8 Å². The fraction of sp³-hybridized carbons (Fsp3) is 0.273. The zero-order valence-electron chi connectivity index (χ0n) is 25.7. The topological polar surface area (TPSA) is 86.3 Å². The van der Waals surface area contributed by atoms with Gasteiger partial charge in [-0.05, 0) is 73.7 Å². The number of carbonyl (C=O) groups is 1. The van der Waals surface area contributed by atoms with Crippen molar-refractivity contribution in [2.24, 2.45) is 4.99 Å². The average Bonchev–Trinajstić information content (AvgIpc) is 3.63. The standard InChI is InChI=1S/C33H32F4N6O2S/c1-19(2)28-20(3)7-6-8-27(28)43-21(4)17-46-32(43)40-31(44)39-22(5)29(34)23-9-11-24(12-10-23)30-38-18-42(41-30)25-13-15-26(16-14-25)45-33(35,36)37/h6-19,22,29H,1-5H3,(H,39,44). The first-order valence-electron chi connectivity index (χ1n) is 14.4. The number of alkyl halides is 4. The van der Waals surface area contributed by atoms with Gasteiger partial charge in [0.2, 0.25) is 0 Å². The van der Waals surface area contributed by atoms with Crippen molar-refractivity contribution >= 4 is 17.4 Å². The summed E-state index contributed by atoms with van der Waals surface area (Å²) in [6.45, 7) is 9.84. The maximum Gasteiger partial charge on any atom is 0.573 e. The quantitative estimate of drug-likeness (QED) is 0.172. The summed E-state index contributed by atoms with van der Waals surface area (Å²) < 4.78 is 60.0.